The molecular weight excluding hydrogens is 294 g/mol. The van der Waals surface area contributed by atoms with E-state index in [0.717, 1.165) is 12.8 Å². The molecule has 1 amide bonds. The van der Waals surface area contributed by atoms with Crippen molar-refractivity contribution in [3.8, 4) is 5.75 Å². The Morgan fingerprint density at radius 1 is 1.43 bits per heavy atom. The molecule has 1 aliphatic carbocycles. The van der Waals surface area contributed by atoms with Crippen molar-refractivity contribution in [2.75, 3.05) is 13.2 Å². The molecule has 21 heavy (non-hydrogen) atoms. The number of halogens is 1. The first-order valence-electron chi connectivity index (χ1n) is 6.88. The van der Waals surface area contributed by atoms with E-state index in [0.29, 0.717) is 10.8 Å². The fourth-order valence-electron chi connectivity index (χ4n) is 2.00. The molecule has 5 nitrogen and oxygen atoms in total. The molecule has 1 saturated carbocycles. The van der Waals surface area contributed by atoms with E-state index in [2.05, 4.69) is 0 Å². The van der Waals surface area contributed by atoms with Gasteiger partial charge in [-0.2, -0.15) is 0 Å². The maximum absolute atomic E-state index is 12.2. The number of carbonyl (C=O) groups excluding carboxylic acids is 1. The lowest BCUT2D eigenvalue weighted by Gasteiger charge is -2.24. The Morgan fingerprint density at radius 3 is 2.67 bits per heavy atom. The normalized spacial score (nSPS) is 15.3. The molecule has 1 aromatic rings. The Kier molecular flexibility index (Phi) is 5.07. The zero-order valence-corrected chi connectivity index (χ0v) is 12.5. The van der Waals surface area contributed by atoms with Gasteiger partial charge in [0.2, 0.25) is 0 Å². The second-order valence-electron chi connectivity index (χ2n) is 5.24. The largest absolute Gasteiger partial charge is 0.482 e. The maximum atomic E-state index is 12.2. The van der Waals surface area contributed by atoms with Crippen molar-refractivity contribution in [1.29, 1.82) is 0 Å². The molecule has 114 valence electrons. The van der Waals surface area contributed by atoms with Crippen LogP contribution in [0.2, 0.25) is 5.02 Å². The first kappa shape index (κ1) is 15.6. The number of para-hydroxylation sites is 1. The van der Waals surface area contributed by atoms with E-state index >= 15 is 0 Å². The summed E-state index contributed by atoms with van der Waals surface area (Å²) in [6.07, 6.45) is 1.84. The van der Waals surface area contributed by atoms with Gasteiger partial charge in [-0.15, -0.1) is 0 Å². The number of amides is 1. The van der Waals surface area contributed by atoms with Crippen LogP contribution in [0.5, 0.6) is 5.75 Å². The topological polar surface area (TPSA) is 66.8 Å². The first-order valence-corrected chi connectivity index (χ1v) is 7.26. The van der Waals surface area contributed by atoms with Gasteiger partial charge in [0.25, 0.3) is 5.91 Å². The standard InChI is InChI=1S/C15H18ClNO4/c1-10(15(19)20)8-17(11-6-7-11)14(18)9-21-13-5-3-2-4-12(13)16/h2-5,10-11H,6-9H2,1H3,(H,19,20). The third-order valence-electron chi connectivity index (χ3n) is 3.39. The molecular formula is C15H18ClNO4. The molecule has 0 bridgehead atoms. The highest BCUT2D eigenvalue weighted by Crippen LogP contribution is 2.28. The van der Waals surface area contributed by atoms with Crippen molar-refractivity contribution < 1.29 is 19.4 Å². The quantitative estimate of drug-likeness (QED) is 0.840. The minimum absolute atomic E-state index is 0.132. The van der Waals surface area contributed by atoms with E-state index in [1.54, 1.807) is 36.1 Å². The van der Waals surface area contributed by atoms with Crippen molar-refractivity contribution >= 4 is 23.5 Å². The summed E-state index contributed by atoms with van der Waals surface area (Å²) in [6.45, 7) is 1.68. The lowest BCUT2D eigenvalue weighted by molar-refractivity contribution is -0.143. The van der Waals surface area contributed by atoms with Crippen molar-refractivity contribution in [3.63, 3.8) is 0 Å². The van der Waals surface area contributed by atoms with Crippen molar-refractivity contribution in [1.82, 2.24) is 4.90 Å². The van der Waals surface area contributed by atoms with Crippen LogP contribution >= 0.6 is 11.6 Å². The van der Waals surface area contributed by atoms with Crippen LogP contribution in [0.25, 0.3) is 0 Å². The van der Waals surface area contributed by atoms with E-state index < -0.39 is 11.9 Å². The zero-order valence-electron chi connectivity index (χ0n) is 11.8. The van der Waals surface area contributed by atoms with Gasteiger partial charge >= 0.3 is 5.97 Å². The monoisotopic (exact) mass is 311 g/mol. The number of carboxylic acids is 1. The molecule has 2 rings (SSSR count). The zero-order chi connectivity index (χ0) is 15.4. The van der Waals surface area contributed by atoms with Gasteiger partial charge in [0.15, 0.2) is 6.61 Å². The van der Waals surface area contributed by atoms with Crippen molar-refractivity contribution in [2.24, 2.45) is 5.92 Å². The Labute approximate surface area is 128 Å². The molecule has 0 spiro atoms. The average molecular weight is 312 g/mol. The Morgan fingerprint density at radius 2 is 2.10 bits per heavy atom. The summed E-state index contributed by atoms with van der Waals surface area (Å²) < 4.78 is 5.43. The third-order valence-corrected chi connectivity index (χ3v) is 3.70. The number of benzene rings is 1. The minimum Gasteiger partial charge on any atom is -0.482 e. The summed E-state index contributed by atoms with van der Waals surface area (Å²) in [6, 6.07) is 7.08. The van der Waals surface area contributed by atoms with Gasteiger partial charge in [0.1, 0.15) is 5.75 Å². The van der Waals surface area contributed by atoms with Crippen LogP contribution in [-0.4, -0.2) is 41.1 Å². The van der Waals surface area contributed by atoms with Crippen LogP contribution < -0.4 is 4.74 Å². The van der Waals surface area contributed by atoms with Gasteiger partial charge in [-0.3, -0.25) is 9.59 Å². The molecule has 0 saturated heterocycles. The summed E-state index contributed by atoms with van der Waals surface area (Å²) in [7, 11) is 0. The van der Waals surface area contributed by atoms with Crippen LogP contribution in [0.15, 0.2) is 24.3 Å². The van der Waals surface area contributed by atoms with Gasteiger partial charge in [-0.05, 0) is 25.0 Å². The van der Waals surface area contributed by atoms with Gasteiger partial charge < -0.3 is 14.7 Å². The number of rotatable bonds is 7. The highest BCUT2D eigenvalue weighted by Gasteiger charge is 2.34. The molecule has 1 aliphatic rings. The lowest BCUT2D eigenvalue weighted by Crippen LogP contribution is -2.41. The highest BCUT2D eigenvalue weighted by molar-refractivity contribution is 6.32. The van der Waals surface area contributed by atoms with E-state index in [4.69, 9.17) is 21.4 Å². The molecule has 0 heterocycles. The Bertz CT molecular complexity index is 530. The fourth-order valence-corrected chi connectivity index (χ4v) is 2.19. The third kappa shape index (κ3) is 4.36. The second kappa shape index (κ2) is 6.80. The summed E-state index contributed by atoms with van der Waals surface area (Å²) in [4.78, 5) is 24.8. The van der Waals surface area contributed by atoms with Crippen molar-refractivity contribution in [3.05, 3.63) is 29.3 Å². The average Bonchev–Trinajstić information content (AvgIpc) is 3.27. The van der Waals surface area contributed by atoms with Crippen LogP contribution in [0.3, 0.4) is 0 Å². The van der Waals surface area contributed by atoms with Crippen LogP contribution in [0, 0.1) is 5.92 Å². The molecule has 0 radical (unpaired) electrons. The Balaban J connectivity index is 1.93. The highest BCUT2D eigenvalue weighted by atomic mass is 35.5. The molecule has 0 aliphatic heterocycles. The van der Waals surface area contributed by atoms with Crippen LogP contribution in [-0.2, 0) is 9.59 Å². The van der Waals surface area contributed by atoms with Crippen LogP contribution in [0.1, 0.15) is 19.8 Å². The predicted molar refractivity (Wildman–Crippen MR) is 78.5 cm³/mol. The minimum atomic E-state index is -0.902. The molecule has 1 unspecified atom stereocenters. The SMILES string of the molecule is CC(CN(C(=O)COc1ccccc1Cl)C1CC1)C(=O)O. The number of hydrogen-bond donors (Lipinski definition) is 1. The number of hydrogen-bond acceptors (Lipinski definition) is 3. The number of carbonyl (C=O) groups is 2. The van der Waals surface area contributed by atoms with E-state index in [-0.39, 0.29) is 25.1 Å². The maximum Gasteiger partial charge on any atom is 0.308 e. The van der Waals surface area contributed by atoms with E-state index in [1.165, 1.54) is 0 Å². The second-order valence-corrected chi connectivity index (χ2v) is 5.64. The summed E-state index contributed by atoms with van der Waals surface area (Å²) in [5.74, 6) is -1.24. The van der Waals surface area contributed by atoms with Gasteiger partial charge in [-0.25, -0.2) is 0 Å². The smallest absolute Gasteiger partial charge is 0.308 e. The molecule has 0 aromatic heterocycles. The molecule has 1 atom stereocenters. The van der Waals surface area contributed by atoms with Crippen LogP contribution in [0.4, 0.5) is 0 Å². The predicted octanol–water partition coefficient (Wildman–Crippen LogP) is 2.43. The van der Waals surface area contributed by atoms with Crippen molar-refractivity contribution in [2.45, 2.75) is 25.8 Å². The summed E-state index contributed by atoms with van der Waals surface area (Å²) in [5.41, 5.74) is 0. The van der Waals surface area contributed by atoms with Gasteiger partial charge in [0, 0.05) is 12.6 Å². The van der Waals surface area contributed by atoms with Gasteiger partial charge in [-0.1, -0.05) is 30.7 Å². The first-order chi connectivity index (χ1) is 9.99. The lowest BCUT2D eigenvalue weighted by atomic mass is 10.1. The van der Waals surface area contributed by atoms with E-state index in [9.17, 15) is 9.59 Å². The molecule has 1 N–H and O–H groups in total. The number of aliphatic carboxylic acids is 1. The summed E-state index contributed by atoms with van der Waals surface area (Å²) >= 11 is 5.96. The number of ether oxygens (including phenoxy) is 1. The fraction of sp³-hybridized carbons (Fsp3) is 0.467. The van der Waals surface area contributed by atoms with E-state index in [1.807, 2.05) is 0 Å². The number of carboxylic acid groups (broad SMARTS) is 1. The van der Waals surface area contributed by atoms with Gasteiger partial charge in [0.05, 0.1) is 10.9 Å². The number of nitrogens with zero attached hydrogens (tertiary/aromatic N) is 1. The molecule has 1 fully saturated rings. The summed E-state index contributed by atoms with van der Waals surface area (Å²) in [5, 5.41) is 9.42. The molecule has 1 aromatic carbocycles. The Hall–Kier alpha value is -1.75. The molecule has 6 heteroatoms.